The lowest BCUT2D eigenvalue weighted by atomic mass is 10.1. The Hall–Kier alpha value is -4.41. The zero-order chi connectivity index (χ0) is 24.9. The average molecular weight is 483 g/mol. The van der Waals surface area contributed by atoms with Gasteiger partial charge in [-0.2, -0.15) is 0 Å². The van der Waals surface area contributed by atoms with Crippen molar-refractivity contribution in [3.8, 4) is 11.3 Å². The number of carbonyl (C=O) groups is 1. The number of ether oxygens (including phenoxy) is 1. The van der Waals surface area contributed by atoms with Gasteiger partial charge >= 0.3 is 0 Å². The van der Waals surface area contributed by atoms with Crippen molar-refractivity contribution in [3.63, 3.8) is 0 Å². The molecule has 1 saturated heterocycles. The zero-order valence-corrected chi connectivity index (χ0v) is 19.6. The Labute approximate surface area is 208 Å². The van der Waals surface area contributed by atoms with Crippen LogP contribution in [0.15, 0.2) is 73.7 Å². The number of amides is 1. The number of benzene rings is 1. The van der Waals surface area contributed by atoms with E-state index in [1.807, 2.05) is 42.5 Å². The second kappa shape index (κ2) is 10.5. The minimum Gasteiger partial charge on any atom is -0.373 e. The molecule has 5 rings (SSSR count). The summed E-state index contributed by atoms with van der Waals surface area (Å²) in [6, 6.07) is 13.2. The number of nitrogens with two attached hydrogens (primary N) is 1. The van der Waals surface area contributed by atoms with Gasteiger partial charge in [0, 0.05) is 48.7 Å². The van der Waals surface area contributed by atoms with Gasteiger partial charge in [-0.15, -0.1) is 0 Å². The molecule has 1 atom stereocenters. The van der Waals surface area contributed by atoms with Gasteiger partial charge in [0.15, 0.2) is 0 Å². The van der Waals surface area contributed by atoms with Gasteiger partial charge in [0.2, 0.25) is 11.9 Å². The third-order valence-corrected chi connectivity index (χ3v) is 5.82. The smallest absolute Gasteiger partial charge is 0.247 e. The van der Waals surface area contributed by atoms with Crippen LogP contribution in [-0.4, -0.2) is 58.2 Å². The Kier molecular flexibility index (Phi) is 6.78. The molecule has 10 nitrogen and oxygen atoms in total. The fourth-order valence-corrected chi connectivity index (χ4v) is 4.01. The summed E-state index contributed by atoms with van der Waals surface area (Å²) >= 11 is 0. The van der Waals surface area contributed by atoms with Gasteiger partial charge in [-0.05, 0) is 36.4 Å². The predicted molar refractivity (Wildman–Crippen MR) is 140 cm³/mol. The van der Waals surface area contributed by atoms with E-state index in [4.69, 9.17) is 15.5 Å². The number of anilines is 4. The number of aromatic nitrogens is 4. The van der Waals surface area contributed by atoms with Crippen LogP contribution in [-0.2, 0) is 9.53 Å². The van der Waals surface area contributed by atoms with E-state index in [1.54, 1.807) is 18.6 Å². The molecule has 4 heterocycles. The fraction of sp³-hybridized carbons (Fsp3) is 0.192. The summed E-state index contributed by atoms with van der Waals surface area (Å²) in [6.45, 7) is 6.11. The Balaban J connectivity index is 1.38. The second-order valence-electron chi connectivity index (χ2n) is 8.27. The van der Waals surface area contributed by atoms with Crippen LogP contribution >= 0.6 is 0 Å². The fourth-order valence-electron chi connectivity index (χ4n) is 4.01. The van der Waals surface area contributed by atoms with Crippen molar-refractivity contribution in [1.29, 1.82) is 0 Å². The van der Waals surface area contributed by atoms with Crippen LogP contribution < -0.4 is 21.3 Å². The molecule has 1 amide bonds. The molecule has 0 aliphatic carbocycles. The molecule has 1 unspecified atom stereocenters. The van der Waals surface area contributed by atoms with E-state index in [1.165, 1.54) is 6.08 Å². The minimum absolute atomic E-state index is 0.0195. The Morgan fingerprint density at radius 3 is 2.89 bits per heavy atom. The van der Waals surface area contributed by atoms with Gasteiger partial charge in [-0.25, -0.2) is 15.0 Å². The van der Waals surface area contributed by atoms with Crippen molar-refractivity contribution < 1.29 is 9.53 Å². The van der Waals surface area contributed by atoms with E-state index in [0.717, 1.165) is 35.5 Å². The molecule has 0 bridgehead atoms. The van der Waals surface area contributed by atoms with Crippen LogP contribution in [0.1, 0.15) is 0 Å². The molecule has 1 aromatic carbocycles. The number of nitrogens with zero attached hydrogens (tertiary/aromatic N) is 5. The van der Waals surface area contributed by atoms with E-state index in [-0.39, 0.29) is 12.0 Å². The van der Waals surface area contributed by atoms with E-state index in [2.05, 4.69) is 37.1 Å². The molecule has 1 aliphatic heterocycles. The first-order valence-corrected chi connectivity index (χ1v) is 11.6. The normalized spacial score (nSPS) is 15.5. The highest BCUT2D eigenvalue weighted by Crippen LogP contribution is 2.28. The first kappa shape index (κ1) is 23.3. The van der Waals surface area contributed by atoms with Crippen molar-refractivity contribution in [2.45, 2.75) is 6.10 Å². The second-order valence-corrected chi connectivity index (χ2v) is 8.27. The van der Waals surface area contributed by atoms with Crippen LogP contribution in [0.2, 0.25) is 0 Å². The molecular weight excluding hydrogens is 456 g/mol. The highest BCUT2D eigenvalue weighted by Gasteiger charge is 2.20. The van der Waals surface area contributed by atoms with Gasteiger partial charge in [0.1, 0.15) is 11.3 Å². The van der Waals surface area contributed by atoms with Crippen molar-refractivity contribution in [1.82, 2.24) is 19.9 Å². The standard InChI is InChI=1S/C26H26N8O2/c1-2-23(35)31-19-5-3-4-17(12-19)24-25-18(8-9-28-24)14-30-26(33-25)32-20-6-7-22(29-15-20)34-10-11-36-21(13-27)16-34/h2-9,12,14-15,21H,1,10-11,13,16,27H2,(H,31,35)(H,30,32,33). The maximum absolute atomic E-state index is 11.7. The third kappa shape index (κ3) is 5.14. The maximum Gasteiger partial charge on any atom is 0.247 e. The van der Waals surface area contributed by atoms with Crippen molar-refractivity contribution in [2.75, 3.05) is 41.8 Å². The number of fused-ring (bicyclic) bond motifs is 1. The Morgan fingerprint density at radius 1 is 1.17 bits per heavy atom. The summed E-state index contributed by atoms with van der Waals surface area (Å²) in [6.07, 6.45) is 6.47. The molecule has 4 N–H and O–H groups in total. The van der Waals surface area contributed by atoms with Crippen LogP contribution in [0.25, 0.3) is 22.2 Å². The average Bonchev–Trinajstić information content (AvgIpc) is 2.93. The molecule has 3 aromatic heterocycles. The lowest BCUT2D eigenvalue weighted by Crippen LogP contribution is -2.46. The van der Waals surface area contributed by atoms with Crippen molar-refractivity contribution in [3.05, 3.63) is 73.7 Å². The summed E-state index contributed by atoms with van der Waals surface area (Å²) in [5.41, 5.74) is 9.35. The summed E-state index contributed by atoms with van der Waals surface area (Å²) in [5, 5.41) is 6.85. The van der Waals surface area contributed by atoms with E-state index in [0.29, 0.717) is 36.0 Å². The van der Waals surface area contributed by atoms with Gasteiger partial charge in [-0.3, -0.25) is 9.78 Å². The lowest BCUT2D eigenvalue weighted by Gasteiger charge is -2.33. The van der Waals surface area contributed by atoms with Crippen LogP contribution in [0.5, 0.6) is 0 Å². The summed E-state index contributed by atoms with van der Waals surface area (Å²) in [7, 11) is 0. The largest absolute Gasteiger partial charge is 0.373 e. The van der Waals surface area contributed by atoms with Crippen LogP contribution in [0.4, 0.5) is 23.1 Å². The third-order valence-electron chi connectivity index (χ3n) is 5.82. The molecule has 0 radical (unpaired) electrons. The van der Waals surface area contributed by atoms with E-state index >= 15 is 0 Å². The number of carbonyl (C=O) groups excluding carboxylic acids is 1. The Bertz CT molecular complexity index is 1390. The summed E-state index contributed by atoms with van der Waals surface area (Å²) < 4.78 is 5.64. The highest BCUT2D eigenvalue weighted by molar-refractivity contribution is 5.99. The van der Waals surface area contributed by atoms with Gasteiger partial charge in [0.05, 0.1) is 30.3 Å². The molecule has 36 heavy (non-hydrogen) atoms. The lowest BCUT2D eigenvalue weighted by molar-refractivity contribution is -0.111. The Morgan fingerprint density at radius 2 is 2.08 bits per heavy atom. The van der Waals surface area contributed by atoms with Crippen LogP contribution in [0, 0.1) is 0 Å². The molecule has 0 spiro atoms. The van der Waals surface area contributed by atoms with Gasteiger partial charge < -0.3 is 26.0 Å². The van der Waals surface area contributed by atoms with E-state index in [9.17, 15) is 4.79 Å². The highest BCUT2D eigenvalue weighted by atomic mass is 16.5. The topological polar surface area (TPSA) is 131 Å². The predicted octanol–water partition coefficient (Wildman–Crippen LogP) is 3.12. The molecule has 0 saturated carbocycles. The molecule has 4 aromatic rings. The van der Waals surface area contributed by atoms with Gasteiger partial charge in [0.25, 0.3) is 0 Å². The van der Waals surface area contributed by atoms with E-state index < -0.39 is 0 Å². The molecule has 10 heteroatoms. The summed E-state index contributed by atoms with van der Waals surface area (Å²) in [5.74, 6) is 1.02. The van der Waals surface area contributed by atoms with Crippen LogP contribution in [0.3, 0.4) is 0 Å². The number of rotatable bonds is 7. The molecule has 1 aliphatic rings. The number of hydrogen-bond acceptors (Lipinski definition) is 9. The molecular formula is C26H26N8O2. The molecule has 1 fully saturated rings. The molecule has 182 valence electrons. The van der Waals surface area contributed by atoms with Crippen molar-refractivity contribution >= 4 is 40.0 Å². The SMILES string of the molecule is C=CC(=O)Nc1cccc(-c2nccc3cnc(Nc4ccc(N5CCOC(CN)C5)nc4)nc23)c1. The maximum atomic E-state index is 11.7. The number of pyridine rings is 2. The number of nitrogens with one attached hydrogen (secondary N) is 2. The zero-order valence-electron chi connectivity index (χ0n) is 19.6. The number of hydrogen-bond donors (Lipinski definition) is 3. The van der Waals surface area contributed by atoms with Crippen molar-refractivity contribution in [2.24, 2.45) is 5.73 Å². The quantitative estimate of drug-likeness (QED) is 0.340. The van der Waals surface area contributed by atoms with Gasteiger partial charge in [-0.1, -0.05) is 18.7 Å². The minimum atomic E-state index is -0.278. The monoisotopic (exact) mass is 482 g/mol. The first-order chi connectivity index (χ1) is 17.6. The summed E-state index contributed by atoms with van der Waals surface area (Å²) in [4.78, 5) is 32.2. The first-order valence-electron chi connectivity index (χ1n) is 11.6. The number of morpholine rings is 1.